The van der Waals surface area contributed by atoms with Crippen molar-refractivity contribution in [2.75, 3.05) is 19.7 Å². The number of nitrogens with zero attached hydrogens (tertiary/aromatic N) is 1. The molecule has 0 N–H and O–H groups in total. The van der Waals surface area contributed by atoms with Crippen LogP contribution in [-0.2, 0) is 19.1 Å². The van der Waals surface area contributed by atoms with Crippen LogP contribution in [0.5, 0.6) is 0 Å². The van der Waals surface area contributed by atoms with Crippen LogP contribution in [0.2, 0.25) is 0 Å². The number of piperidine rings is 1. The Balaban J connectivity index is 0.00000211. The van der Waals surface area contributed by atoms with Gasteiger partial charge in [0, 0.05) is 6.54 Å². The van der Waals surface area contributed by atoms with E-state index >= 15 is 0 Å². The number of carbonyl (C=O) groups excluding carboxylic acids is 3. The molecule has 1 unspecified atom stereocenters. The highest BCUT2D eigenvalue weighted by molar-refractivity contribution is 6.05. The molecule has 0 aromatic rings. The highest BCUT2D eigenvalue weighted by Crippen LogP contribution is 2.30. The van der Waals surface area contributed by atoms with Crippen molar-refractivity contribution in [2.24, 2.45) is 5.41 Å². The smallest absolute Gasteiger partial charge is 0.410 e. The lowest BCUT2D eigenvalue weighted by molar-refractivity contribution is -0.162. The SMILES string of the molecule is CC.CCOC(=O)C1(C)CCN(C(=O)OC(C)(C)C)CC1=O. The summed E-state index contributed by atoms with van der Waals surface area (Å²) in [4.78, 5) is 37.2. The summed E-state index contributed by atoms with van der Waals surface area (Å²) in [6.45, 7) is 13.0. The van der Waals surface area contributed by atoms with Gasteiger partial charge in [0.15, 0.2) is 5.78 Å². The summed E-state index contributed by atoms with van der Waals surface area (Å²) in [6.07, 6.45) is -0.277. The van der Waals surface area contributed by atoms with Gasteiger partial charge in [0.25, 0.3) is 0 Å². The van der Waals surface area contributed by atoms with Crippen LogP contribution < -0.4 is 0 Å². The summed E-state index contributed by atoms with van der Waals surface area (Å²) in [5, 5.41) is 0. The Morgan fingerprint density at radius 3 is 2.23 bits per heavy atom. The Bertz CT molecular complexity index is 413. The minimum Gasteiger partial charge on any atom is -0.465 e. The quantitative estimate of drug-likeness (QED) is 0.579. The number of esters is 1. The number of hydrogen-bond donors (Lipinski definition) is 0. The molecule has 128 valence electrons. The maximum Gasteiger partial charge on any atom is 0.410 e. The fourth-order valence-electron chi connectivity index (χ4n) is 1.91. The Labute approximate surface area is 133 Å². The van der Waals surface area contributed by atoms with Crippen LogP contribution in [0.25, 0.3) is 0 Å². The second kappa shape index (κ2) is 8.15. The molecule has 6 heteroatoms. The van der Waals surface area contributed by atoms with E-state index in [0.29, 0.717) is 6.54 Å². The van der Waals surface area contributed by atoms with Crippen molar-refractivity contribution in [3.63, 3.8) is 0 Å². The van der Waals surface area contributed by atoms with Crippen LogP contribution >= 0.6 is 0 Å². The fraction of sp³-hybridized carbons (Fsp3) is 0.812. The van der Waals surface area contributed by atoms with Gasteiger partial charge in [0.2, 0.25) is 0 Å². The van der Waals surface area contributed by atoms with Gasteiger partial charge in [-0.2, -0.15) is 0 Å². The van der Waals surface area contributed by atoms with Gasteiger partial charge in [-0.15, -0.1) is 0 Å². The van der Waals surface area contributed by atoms with Gasteiger partial charge >= 0.3 is 12.1 Å². The lowest BCUT2D eigenvalue weighted by Crippen LogP contribution is -2.53. The molecular weight excluding hydrogens is 286 g/mol. The average Bonchev–Trinajstić information content (AvgIpc) is 2.42. The molecule has 0 aromatic heterocycles. The van der Waals surface area contributed by atoms with Gasteiger partial charge in [0.05, 0.1) is 13.2 Å². The molecule has 22 heavy (non-hydrogen) atoms. The van der Waals surface area contributed by atoms with Crippen LogP contribution in [0.4, 0.5) is 4.79 Å². The molecule has 1 aliphatic heterocycles. The molecule has 1 saturated heterocycles. The van der Waals surface area contributed by atoms with Crippen LogP contribution in [0.15, 0.2) is 0 Å². The number of Topliss-reactive ketones (excluding diaryl/α,β-unsaturated/α-hetero) is 1. The molecule has 1 amide bonds. The number of ether oxygens (including phenoxy) is 2. The van der Waals surface area contributed by atoms with E-state index in [1.165, 1.54) is 4.90 Å². The monoisotopic (exact) mass is 315 g/mol. The zero-order chi connectivity index (χ0) is 17.6. The van der Waals surface area contributed by atoms with E-state index in [-0.39, 0.29) is 25.4 Å². The van der Waals surface area contributed by atoms with Gasteiger partial charge in [-0.3, -0.25) is 9.59 Å². The lowest BCUT2D eigenvalue weighted by atomic mass is 9.79. The molecule has 0 spiro atoms. The second-order valence-electron chi connectivity index (χ2n) is 6.13. The second-order valence-corrected chi connectivity index (χ2v) is 6.13. The minimum absolute atomic E-state index is 0.121. The van der Waals surface area contributed by atoms with Crippen molar-refractivity contribution in [1.82, 2.24) is 4.90 Å². The predicted octanol–water partition coefficient (Wildman–Crippen LogP) is 2.79. The van der Waals surface area contributed by atoms with Crippen molar-refractivity contribution in [2.45, 2.75) is 60.5 Å². The van der Waals surface area contributed by atoms with Crippen molar-refractivity contribution >= 4 is 17.8 Å². The fourth-order valence-corrected chi connectivity index (χ4v) is 1.91. The summed E-state index contributed by atoms with van der Waals surface area (Å²) in [5.41, 5.74) is -1.77. The predicted molar refractivity (Wildman–Crippen MR) is 83.5 cm³/mol. The highest BCUT2D eigenvalue weighted by atomic mass is 16.6. The van der Waals surface area contributed by atoms with Crippen LogP contribution in [-0.4, -0.2) is 48.0 Å². The van der Waals surface area contributed by atoms with Gasteiger partial charge < -0.3 is 14.4 Å². The van der Waals surface area contributed by atoms with Crippen LogP contribution in [0.3, 0.4) is 0 Å². The van der Waals surface area contributed by atoms with Crippen LogP contribution in [0, 0.1) is 5.41 Å². The lowest BCUT2D eigenvalue weighted by Gasteiger charge is -2.36. The van der Waals surface area contributed by atoms with Gasteiger partial charge in [0.1, 0.15) is 11.0 Å². The number of carbonyl (C=O) groups is 3. The first-order chi connectivity index (χ1) is 10.1. The molecule has 1 rings (SSSR count). The molecule has 6 nitrogen and oxygen atoms in total. The van der Waals surface area contributed by atoms with E-state index in [0.717, 1.165) is 0 Å². The van der Waals surface area contributed by atoms with E-state index in [1.807, 2.05) is 13.8 Å². The molecule has 0 aliphatic carbocycles. The number of hydrogen-bond acceptors (Lipinski definition) is 5. The average molecular weight is 315 g/mol. The summed E-state index contributed by atoms with van der Waals surface area (Å²) >= 11 is 0. The third kappa shape index (κ3) is 5.31. The summed E-state index contributed by atoms with van der Waals surface area (Å²) in [6, 6.07) is 0. The van der Waals surface area contributed by atoms with E-state index in [4.69, 9.17) is 9.47 Å². The Morgan fingerprint density at radius 1 is 1.27 bits per heavy atom. The summed E-state index contributed by atoms with van der Waals surface area (Å²) in [5.74, 6) is -0.832. The molecule has 1 heterocycles. The van der Waals surface area contributed by atoms with Crippen LogP contribution in [0.1, 0.15) is 54.9 Å². The van der Waals surface area contributed by atoms with Gasteiger partial charge in [-0.05, 0) is 41.0 Å². The molecule has 0 saturated carbocycles. The van der Waals surface area contributed by atoms with Crippen molar-refractivity contribution < 1.29 is 23.9 Å². The molecule has 0 aromatic carbocycles. The van der Waals surface area contributed by atoms with Crippen molar-refractivity contribution in [1.29, 1.82) is 0 Å². The molecule has 0 radical (unpaired) electrons. The Kier molecular flexibility index (Phi) is 7.56. The Morgan fingerprint density at radius 2 is 1.82 bits per heavy atom. The summed E-state index contributed by atoms with van der Waals surface area (Å²) < 4.78 is 10.2. The normalized spacial score (nSPS) is 21.6. The number of ketones is 1. The Hall–Kier alpha value is -1.59. The third-order valence-corrected chi connectivity index (χ3v) is 3.21. The molecule has 1 aliphatic rings. The topological polar surface area (TPSA) is 72.9 Å². The first-order valence-corrected chi connectivity index (χ1v) is 7.78. The molecule has 0 bridgehead atoms. The standard InChI is InChI=1S/C14H23NO5.C2H6/c1-6-19-11(17)14(5)7-8-15(9-10(14)16)12(18)20-13(2,3)4;1-2/h6-9H2,1-5H3;1-2H3. The first kappa shape index (κ1) is 20.4. The molecule has 1 atom stereocenters. The van der Waals surface area contributed by atoms with Gasteiger partial charge in [-0.25, -0.2) is 4.79 Å². The largest absolute Gasteiger partial charge is 0.465 e. The van der Waals surface area contributed by atoms with Crippen molar-refractivity contribution in [3.8, 4) is 0 Å². The zero-order valence-corrected chi connectivity index (χ0v) is 14.8. The van der Waals surface area contributed by atoms with Crippen molar-refractivity contribution in [3.05, 3.63) is 0 Å². The highest BCUT2D eigenvalue weighted by Gasteiger charge is 2.47. The molecular formula is C16H29NO5. The van der Waals surface area contributed by atoms with Gasteiger partial charge in [-0.1, -0.05) is 13.8 Å². The minimum atomic E-state index is -1.16. The van der Waals surface area contributed by atoms with E-state index in [2.05, 4.69) is 0 Å². The molecule has 1 fully saturated rings. The number of likely N-dealkylation sites (tertiary alicyclic amines) is 1. The van der Waals surface area contributed by atoms with E-state index in [1.54, 1.807) is 34.6 Å². The first-order valence-electron chi connectivity index (χ1n) is 7.78. The van der Waals surface area contributed by atoms with E-state index < -0.39 is 23.1 Å². The number of rotatable bonds is 2. The maximum absolute atomic E-state index is 12.2. The number of amides is 1. The summed E-state index contributed by atoms with van der Waals surface area (Å²) in [7, 11) is 0. The maximum atomic E-state index is 12.2. The zero-order valence-electron chi connectivity index (χ0n) is 14.8. The van der Waals surface area contributed by atoms with E-state index in [9.17, 15) is 14.4 Å². The third-order valence-electron chi connectivity index (χ3n) is 3.21.